The number of para-hydroxylation sites is 1. The molecular formula is C34H29N3O5. The van der Waals surface area contributed by atoms with E-state index in [1.807, 2.05) is 78.9 Å². The van der Waals surface area contributed by atoms with Crippen molar-refractivity contribution in [1.29, 1.82) is 0 Å². The first-order chi connectivity index (χ1) is 20.5. The summed E-state index contributed by atoms with van der Waals surface area (Å²) in [4.78, 5) is 58.8. The van der Waals surface area contributed by atoms with Crippen molar-refractivity contribution in [3.8, 4) is 0 Å². The third-order valence-corrected chi connectivity index (χ3v) is 8.76. The van der Waals surface area contributed by atoms with Crippen molar-refractivity contribution in [3.63, 3.8) is 0 Å². The van der Waals surface area contributed by atoms with Gasteiger partial charge >= 0.3 is 5.97 Å². The van der Waals surface area contributed by atoms with E-state index in [2.05, 4.69) is 5.32 Å². The van der Waals surface area contributed by atoms with Crippen LogP contribution in [-0.4, -0.2) is 42.9 Å². The van der Waals surface area contributed by atoms with Gasteiger partial charge in [-0.2, -0.15) is 0 Å². The van der Waals surface area contributed by atoms with Gasteiger partial charge in [-0.15, -0.1) is 0 Å². The smallest absolute Gasteiger partial charge is 0.326 e. The number of anilines is 2. The van der Waals surface area contributed by atoms with Crippen LogP contribution in [0.15, 0.2) is 97.1 Å². The molecular weight excluding hydrogens is 530 g/mol. The summed E-state index contributed by atoms with van der Waals surface area (Å²) in [5.74, 6) is -3.52. The highest BCUT2D eigenvalue weighted by Gasteiger charge is 2.71. The first kappa shape index (κ1) is 26.1. The van der Waals surface area contributed by atoms with Gasteiger partial charge in [-0.05, 0) is 36.4 Å². The molecule has 0 aromatic heterocycles. The summed E-state index contributed by atoms with van der Waals surface area (Å²) in [6, 6.07) is 29.6. The molecule has 3 aliphatic heterocycles. The number of ether oxygens (including phenoxy) is 1. The van der Waals surface area contributed by atoms with Crippen molar-refractivity contribution in [2.75, 3.05) is 23.0 Å². The molecule has 0 aliphatic carbocycles. The second-order valence-corrected chi connectivity index (χ2v) is 11.0. The minimum absolute atomic E-state index is 0.183. The summed E-state index contributed by atoms with van der Waals surface area (Å²) in [7, 11) is 0. The van der Waals surface area contributed by atoms with Gasteiger partial charge in [0.1, 0.15) is 12.1 Å². The summed E-state index contributed by atoms with van der Waals surface area (Å²) >= 11 is 0. The van der Waals surface area contributed by atoms with Crippen molar-refractivity contribution in [2.24, 2.45) is 11.8 Å². The molecule has 1 spiro atoms. The lowest BCUT2D eigenvalue weighted by Gasteiger charge is -2.30. The lowest BCUT2D eigenvalue weighted by atomic mass is 9.76. The number of nitrogens with zero attached hydrogens (tertiary/aromatic N) is 2. The molecule has 4 atom stereocenters. The van der Waals surface area contributed by atoms with Gasteiger partial charge in [-0.1, -0.05) is 84.9 Å². The van der Waals surface area contributed by atoms with Gasteiger partial charge in [0.05, 0.1) is 24.1 Å². The number of rotatable bonds is 6. The molecule has 2 saturated heterocycles. The van der Waals surface area contributed by atoms with Crippen molar-refractivity contribution < 1.29 is 23.9 Å². The van der Waals surface area contributed by atoms with Crippen LogP contribution in [0.3, 0.4) is 0 Å². The molecule has 4 aromatic rings. The van der Waals surface area contributed by atoms with Gasteiger partial charge in [0.25, 0.3) is 5.91 Å². The molecule has 4 aromatic carbocycles. The monoisotopic (exact) mass is 559 g/mol. The van der Waals surface area contributed by atoms with Crippen LogP contribution in [0.5, 0.6) is 0 Å². The van der Waals surface area contributed by atoms with E-state index in [0.29, 0.717) is 23.4 Å². The molecule has 2 fully saturated rings. The summed E-state index contributed by atoms with van der Waals surface area (Å²) in [5, 5.41) is 5.21. The molecule has 210 valence electrons. The number of fused-ring (bicyclic) bond motifs is 5. The topological polar surface area (TPSA) is 96.0 Å². The van der Waals surface area contributed by atoms with Gasteiger partial charge < -0.3 is 4.74 Å². The third-order valence-electron chi connectivity index (χ3n) is 8.76. The van der Waals surface area contributed by atoms with Gasteiger partial charge in [-0.25, -0.2) is 4.90 Å². The second kappa shape index (κ2) is 9.92. The maximum atomic E-state index is 14.6. The predicted octanol–water partition coefficient (Wildman–Crippen LogP) is 3.97. The highest BCUT2D eigenvalue weighted by atomic mass is 16.5. The number of amides is 3. The van der Waals surface area contributed by atoms with Crippen molar-refractivity contribution in [1.82, 2.24) is 5.32 Å². The summed E-state index contributed by atoms with van der Waals surface area (Å²) in [5.41, 5.74) is 1.10. The molecule has 8 nitrogen and oxygen atoms in total. The molecule has 0 radical (unpaired) electrons. The highest BCUT2D eigenvalue weighted by Crippen LogP contribution is 2.55. The number of carbonyl (C=O) groups is 4. The van der Waals surface area contributed by atoms with Crippen LogP contribution < -0.4 is 15.1 Å². The maximum Gasteiger partial charge on any atom is 0.326 e. The van der Waals surface area contributed by atoms with Gasteiger partial charge in [0.2, 0.25) is 11.8 Å². The fraction of sp³-hybridized carbons (Fsp3) is 0.235. The number of benzene rings is 4. The molecule has 42 heavy (non-hydrogen) atoms. The second-order valence-electron chi connectivity index (χ2n) is 11.0. The number of esters is 1. The Bertz CT molecular complexity index is 1750. The van der Waals surface area contributed by atoms with E-state index < -0.39 is 41.2 Å². The van der Waals surface area contributed by atoms with Crippen molar-refractivity contribution in [3.05, 3.63) is 108 Å². The van der Waals surface area contributed by atoms with Crippen LogP contribution in [0, 0.1) is 11.8 Å². The largest absolute Gasteiger partial charge is 0.465 e. The summed E-state index contributed by atoms with van der Waals surface area (Å²) in [6.45, 7) is 1.60. The van der Waals surface area contributed by atoms with E-state index in [1.54, 1.807) is 25.1 Å². The number of nitrogens with one attached hydrogen (secondary N) is 1. The summed E-state index contributed by atoms with van der Waals surface area (Å²) < 4.78 is 5.18. The van der Waals surface area contributed by atoms with Crippen LogP contribution in [0.25, 0.3) is 10.8 Å². The number of hydrogen-bond donors (Lipinski definition) is 1. The Morgan fingerprint density at radius 1 is 0.833 bits per heavy atom. The highest BCUT2D eigenvalue weighted by molar-refractivity contribution is 6.28. The minimum Gasteiger partial charge on any atom is -0.465 e. The van der Waals surface area contributed by atoms with Crippen molar-refractivity contribution in [2.45, 2.75) is 24.9 Å². The molecule has 3 heterocycles. The van der Waals surface area contributed by atoms with Gasteiger partial charge in [0, 0.05) is 22.7 Å². The Balaban J connectivity index is 1.39. The van der Waals surface area contributed by atoms with Crippen molar-refractivity contribution >= 4 is 45.8 Å². The Kier molecular flexibility index (Phi) is 6.17. The van der Waals surface area contributed by atoms with Crippen LogP contribution in [0.4, 0.5) is 11.4 Å². The molecule has 3 aliphatic rings. The third kappa shape index (κ3) is 3.72. The lowest BCUT2D eigenvalue weighted by Crippen LogP contribution is -2.56. The van der Waals surface area contributed by atoms with Crippen LogP contribution in [0.2, 0.25) is 0 Å². The van der Waals surface area contributed by atoms with E-state index in [0.717, 1.165) is 16.3 Å². The predicted molar refractivity (Wildman–Crippen MR) is 158 cm³/mol. The fourth-order valence-corrected chi connectivity index (χ4v) is 7.12. The van der Waals surface area contributed by atoms with Gasteiger partial charge in [0.15, 0.2) is 0 Å². The molecule has 8 heteroatoms. The quantitative estimate of drug-likeness (QED) is 0.284. The number of hydrogen-bond acceptors (Lipinski definition) is 6. The fourth-order valence-electron chi connectivity index (χ4n) is 7.12. The van der Waals surface area contributed by atoms with Crippen LogP contribution in [-0.2, 0) is 35.9 Å². The summed E-state index contributed by atoms with van der Waals surface area (Å²) in [6.07, 6.45) is 0.444. The zero-order valence-electron chi connectivity index (χ0n) is 23.0. The zero-order valence-corrected chi connectivity index (χ0v) is 23.0. The first-order valence-corrected chi connectivity index (χ1v) is 14.2. The Hall–Kier alpha value is -4.82. The first-order valence-electron chi connectivity index (χ1n) is 14.2. The molecule has 0 unspecified atom stereocenters. The minimum atomic E-state index is -1.51. The standard InChI is InChI=1S/C34H29N3O5/c1-2-42-28(38)20-36-27-17-9-8-16-24(27)34(33(36)41)30-29(25(35-34)19-21-11-4-3-5-12-21)31(39)37(32(30)40)26-18-10-14-22-13-6-7-15-23(22)26/h3-18,25,29-30,35H,2,19-20H2,1H3/t25-,29+,30+,34-/m0/s1. The van der Waals surface area contributed by atoms with Crippen LogP contribution >= 0.6 is 0 Å². The Morgan fingerprint density at radius 3 is 2.33 bits per heavy atom. The maximum absolute atomic E-state index is 14.6. The molecule has 1 N–H and O–H groups in total. The average molecular weight is 560 g/mol. The number of carbonyl (C=O) groups excluding carboxylic acids is 4. The molecule has 0 saturated carbocycles. The SMILES string of the molecule is CCOC(=O)CN1C(=O)[C@]2(N[C@@H](Cc3ccccc3)[C@H]3C(=O)N(c4cccc5ccccc45)C(=O)[C@@H]32)c2ccccc21. The zero-order chi connectivity index (χ0) is 29.0. The average Bonchev–Trinajstić information content (AvgIpc) is 3.56. The van der Waals surface area contributed by atoms with E-state index >= 15 is 0 Å². The molecule has 3 amide bonds. The van der Waals surface area contributed by atoms with E-state index in [4.69, 9.17) is 4.74 Å². The Morgan fingerprint density at radius 2 is 1.52 bits per heavy atom. The van der Waals surface area contributed by atoms with E-state index in [-0.39, 0.29) is 19.1 Å². The van der Waals surface area contributed by atoms with E-state index in [1.165, 1.54) is 9.80 Å². The molecule has 7 rings (SSSR count). The number of imide groups is 1. The van der Waals surface area contributed by atoms with Gasteiger partial charge in [-0.3, -0.25) is 29.4 Å². The lowest BCUT2D eigenvalue weighted by molar-refractivity contribution is -0.142. The van der Waals surface area contributed by atoms with E-state index in [9.17, 15) is 19.2 Å². The molecule has 0 bridgehead atoms. The van der Waals surface area contributed by atoms with Crippen LogP contribution in [0.1, 0.15) is 18.1 Å². The normalized spacial score (nSPS) is 24.5. The Labute approximate surface area is 242 Å².